The highest BCUT2D eigenvalue weighted by atomic mass is 35.5. The van der Waals surface area contributed by atoms with Crippen molar-refractivity contribution in [3.8, 4) is 11.4 Å². The lowest BCUT2D eigenvalue weighted by atomic mass is 10.2. The van der Waals surface area contributed by atoms with Crippen LogP contribution in [0.1, 0.15) is 21.7 Å². The molecule has 0 saturated heterocycles. The molecule has 3 aromatic rings. The molecule has 1 amide bonds. The van der Waals surface area contributed by atoms with Crippen LogP contribution >= 0.6 is 11.6 Å². The number of halogens is 1. The van der Waals surface area contributed by atoms with Gasteiger partial charge in [-0.3, -0.25) is 4.79 Å². The zero-order chi connectivity index (χ0) is 21.0. The predicted octanol–water partition coefficient (Wildman–Crippen LogP) is 4.55. The van der Waals surface area contributed by atoms with Crippen LogP contribution in [0.4, 0.5) is 5.69 Å². The van der Waals surface area contributed by atoms with E-state index in [2.05, 4.69) is 9.88 Å². The summed E-state index contributed by atoms with van der Waals surface area (Å²) in [5.74, 6) is -0.611. The van der Waals surface area contributed by atoms with E-state index in [1.54, 1.807) is 30.3 Å². The lowest BCUT2D eigenvalue weighted by Gasteiger charge is -2.11. The molecule has 0 saturated carbocycles. The van der Waals surface area contributed by atoms with Gasteiger partial charge in [-0.1, -0.05) is 11.6 Å². The second kappa shape index (κ2) is 8.84. The molecule has 150 valence electrons. The van der Waals surface area contributed by atoms with Crippen LogP contribution in [0.5, 0.6) is 5.75 Å². The fourth-order valence-electron chi connectivity index (χ4n) is 3.00. The van der Waals surface area contributed by atoms with Crippen LogP contribution in [0.15, 0.2) is 54.6 Å². The SMILES string of the molecule is COc1ccc(Cl)cc1NC(=O)COC(=O)c1ccc(-n2c(C)ccc2C)cc1. The van der Waals surface area contributed by atoms with Gasteiger partial charge in [-0.2, -0.15) is 0 Å². The van der Waals surface area contributed by atoms with Gasteiger partial charge in [-0.05, 0) is 68.4 Å². The molecule has 0 aliphatic heterocycles. The number of hydrogen-bond donors (Lipinski definition) is 1. The third kappa shape index (κ3) is 4.78. The summed E-state index contributed by atoms with van der Waals surface area (Å²) < 4.78 is 12.4. The Balaban J connectivity index is 1.61. The topological polar surface area (TPSA) is 69.6 Å². The molecule has 0 bridgehead atoms. The van der Waals surface area contributed by atoms with Gasteiger partial charge in [0, 0.05) is 22.1 Å². The number of rotatable bonds is 6. The average molecular weight is 413 g/mol. The fourth-order valence-corrected chi connectivity index (χ4v) is 3.17. The van der Waals surface area contributed by atoms with E-state index in [4.69, 9.17) is 21.1 Å². The highest BCUT2D eigenvalue weighted by Crippen LogP contribution is 2.27. The number of hydrogen-bond acceptors (Lipinski definition) is 4. The number of carbonyl (C=O) groups excluding carboxylic acids is 2. The number of amides is 1. The Hall–Kier alpha value is -3.25. The fraction of sp³-hybridized carbons (Fsp3) is 0.182. The molecule has 2 aromatic carbocycles. The van der Waals surface area contributed by atoms with E-state index in [1.165, 1.54) is 7.11 Å². The summed E-state index contributed by atoms with van der Waals surface area (Å²) in [7, 11) is 1.49. The Kier molecular flexibility index (Phi) is 6.24. The molecule has 0 radical (unpaired) electrons. The molecule has 0 atom stereocenters. The van der Waals surface area contributed by atoms with Gasteiger partial charge in [0.15, 0.2) is 6.61 Å². The summed E-state index contributed by atoms with van der Waals surface area (Å²) in [6.07, 6.45) is 0. The molecule has 0 spiro atoms. The van der Waals surface area contributed by atoms with Crippen molar-refractivity contribution in [3.05, 3.63) is 76.6 Å². The van der Waals surface area contributed by atoms with Crippen molar-refractivity contribution in [3.63, 3.8) is 0 Å². The van der Waals surface area contributed by atoms with Crippen molar-refractivity contribution < 1.29 is 19.1 Å². The first kappa shape index (κ1) is 20.5. The summed E-state index contributed by atoms with van der Waals surface area (Å²) in [4.78, 5) is 24.4. The highest BCUT2D eigenvalue weighted by molar-refractivity contribution is 6.31. The van der Waals surface area contributed by atoms with Gasteiger partial charge >= 0.3 is 5.97 Å². The largest absolute Gasteiger partial charge is 0.495 e. The number of ether oxygens (including phenoxy) is 2. The monoisotopic (exact) mass is 412 g/mol. The number of aromatic nitrogens is 1. The van der Waals surface area contributed by atoms with Crippen molar-refractivity contribution in [2.45, 2.75) is 13.8 Å². The van der Waals surface area contributed by atoms with Crippen LogP contribution in [-0.4, -0.2) is 30.2 Å². The lowest BCUT2D eigenvalue weighted by Crippen LogP contribution is -2.21. The quantitative estimate of drug-likeness (QED) is 0.603. The molecule has 1 heterocycles. The molecule has 1 N–H and O–H groups in total. The second-order valence-electron chi connectivity index (χ2n) is 6.47. The molecule has 3 rings (SSSR count). The van der Waals surface area contributed by atoms with Crippen LogP contribution in [-0.2, 0) is 9.53 Å². The van der Waals surface area contributed by atoms with E-state index in [0.717, 1.165) is 17.1 Å². The van der Waals surface area contributed by atoms with Crippen LogP contribution in [0, 0.1) is 13.8 Å². The second-order valence-corrected chi connectivity index (χ2v) is 6.90. The number of anilines is 1. The van der Waals surface area contributed by atoms with Crippen molar-refractivity contribution in [1.29, 1.82) is 0 Å². The van der Waals surface area contributed by atoms with Gasteiger partial charge in [0.25, 0.3) is 5.91 Å². The Morgan fingerprint density at radius 1 is 1.00 bits per heavy atom. The molecule has 6 nitrogen and oxygen atoms in total. The highest BCUT2D eigenvalue weighted by Gasteiger charge is 2.13. The van der Waals surface area contributed by atoms with E-state index in [1.807, 2.05) is 38.1 Å². The number of nitrogens with one attached hydrogen (secondary N) is 1. The summed E-state index contributed by atoms with van der Waals surface area (Å²) in [6, 6.07) is 15.9. The lowest BCUT2D eigenvalue weighted by molar-refractivity contribution is -0.119. The van der Waals surface area contributed by atoms with Gasteiger partial charge in [0.2, 0.25) is 0 Å². The number of methoxy groups -OCH3 is 1. The molecule has 0 unspecified atom stereocenters. The third-order valence-electron chi connectivity index (χ3n) is 4.40. The van der Waals surface area contributed by atoms with Gasteiger partial charge in [0.05, 0.1) is 18.4 Å². The Morgan fingerprint density at radius 2 is 1.66 bits per heavy atom. The molecular weight excluding hydrogens is 392 g/mol. The van der Waals surface area contributed by atoms with Gasteiger partial charge in [-0.25, -0.2) is 4.79 Å². The summed E-state index contributed by atoms with van der Waals surface area (Å²) in [6.45, 7) is 3.61. The van der Waals surface area contributed by atoms with Crippen LogP contribution < -0.4 is 10.1 Å². The van der Waals surface area contributed by atoms with Crippen LogP contribution in [0.3, 0.4) is 0 Å². The molecule has 7 heteroatoms. The first-order chi connectivity index (χ1) is 13.9. The van der Waals surface area contributed by atoms with E-state index >= 15 is 0 Å². The van der Waals surface area contributed by atoms with Gasteiger partial charge in [-0.15, -0.1) is 0 Å². The van der Waals surface area contributed by atoms with E-state index in [9.17, 15) is 9.59 Å². The summed E-state index contributed by atoms with van der Waals surface area (Å²) in [5.41, 5.74) is 3.93. The Labute approximate surface area is 174 Å². The minimum Gasteiger partial charge on any atom is -0.495 e. The molecule has 0 aliphatic carbocycles. The molecule has 0 fully saturated rings. The Bertz CT molecular complexity index is 1020. The maximum Gasteiger partial charge on any atom is 0.338 e. The maximum atomic E-state index is 12.3. The number of carbonyl (C=O) groups is 2. The Morgan fingerprint density at radius 3 is 2.28 bits per heavy atom. The number of nitrogens with zero attached hydrogens (tertiary/aromatic N) is 1. The molecule has 29 heavy (non-hydrogen) atoms. The smallest absolute Gasteiger partial charge is 0.338 e. The average Bonchev–Trinajstić information content (AvgIpc) is 3.04. The number of aryl methyl sites for hydroxylation is 2. The zero-order valence-corrected chi connectivity index (χ0v) is 17.1. The van der Waals surface area contributed by atoms with Gasteiger partial charge in [0.1, 0.15) is 5.75 Å². The van der Waals surface area contributed by atoms with Crippen molar-refractivity contribution >= 4 is 29.2 Å². The summed E-state index contributed by atoms with van der Waals surface area (Å²) >= 11 is 5.94. The van der Waals surface area contributed by atoms with E-state index < -0.39 is 18.5 Å². The maximum absolute atomic E-state index is 12.3. The standard InChI is InChI=1S/C22H21ClN2O4/c1-14-4-5-15(2)25(14)18-9-6-16(7-10-18)22(27)29-13-21(26)24-19-12-17(23)8-11-20(19)28-3/h4-12H,13H2,1-3H3,(H,24,26). The first-order valence-corrected chi connectivity index (χ1v) is 9.32. The summed E-state index contributed by atoms with van der Waals surface area (Å²) in [5, 5.41) is 3.07. The van der Waals surface area contributed by atoms with Crippen molar-refractivity contribution in [2.75, 3.05) is 19.0 Å². The minimum absolute atomic E-state index is 0.365. The van der Waals surface area contributed by atoms with Crippen LogP contribution in [0.2, 0.25) is 5.02 Å². The molecule has 1 aromatic heterocycles. The van der Waals surface area contributed by atoms with E-state index in [-0.39, 0.29) is 0 Å². The zero-order valence-electron chi connectivity index (χ0n) is 16.4. The first-order valence-electron chi connectivity index (χ1n) is 8.95. The third-order valence-corrected chi connectivity index (χ3v) is 4.64. The number of benzene rings is 2. The van der Waals surface area contributed by atoms with Crippen molar-refractivity contribution in [1.82, 2.24) is 4.57 Å². The van der Waals surface area contributed by atoms with Gasteiger partial charge < -0.3 is 19.4 Å². The number of esters is 1. The van der Waals surface area contributed by atoms with E-state index in [0.29, 0.717) is 22.0 Å². The molecule has 0 aliphatic rings. The van der Waals surface area contributed by atoms with Crippen molar-refractivity contribution in [2.24, 2.45) is 0 Å². The predicted molar refractivity (Wildman–Crippen MR) is 112 cm³/mol. The normalized spacial score (nSPS) is 10.5. The molecular formula is C22H21ClN2O4. The van der Waals surface area contributed by atoms with Crippen LogP contribution in [0.25, 0.3) is 5.69 Å². The minimum atomic E-state index is -0.578.